The molecular formula is C15H17ClN2O2. The Bertz CT molecular complexity index is 590. The first-order valence-corrected chi connectivity index (χ1v) is 6.58. The van der Waals surface area contributed by atoms with Gasteiger partial charge in [-0.05, 0) is 31.3 Å². The lowest BCUT2D eigenvalue weighted by atomic mass is 10.0. The maximum absolute atomic E-state index is 6.01. The van der Waals surface area contributed by atoms with Crippen molar-refractivity contribution < 1.29 is 9.47 Å². The molecule has 0 saturated heterocycles. The van der Waals surface area contributed by atoms with Crippen LogP contribution in [0.5, 0.6) is 11.5 Å². The summed E-state index contributed by atoms with van der Waals surface area (Å²) in [7, 11) is 5.12. The summed E-state index contributed by atoms with van der Waals surface area (Å²) < 4.78 is 10.8. The molecule has 1 heterocycles. The van der Waals surface area contributed by atoms with E-state index in [4.69, 9.17) is 21.1 Å². The average molecular weight is 293 g/mol. The molecule has 5 heteroatoms. The first-order valence-electron chi connectivity index (χ1n) is 6.20. The maximum atomic E-state index is 6.01. The van der Waals surface area contributed by atoms with Crippen molar-refractivity contribution in [2.75, 3.05) is 21.3 Å². The van der Waals surface area contributed by atoms with Gasteiger partial charge in [0, 0.05) is 16.8 Å². The van der Waals surface area contributed by atoms with Gasteiger partial charge in [0.2, 0.25) is 0 Å². The number of aromatic nitrogens is 1. The van der Waals surface area contributed by atoms with Gasteiger partial charge in [-0.1, -0.05) is 17.7 Å². The minimum Gasteiger partial charge on any atom is -0.496 e. The summed E-state index contributed by atoms with van der Waals surface area (Å²) in [4.78, 5) is 4.42. The zero-order valence-corrected chi connectivity index (χ0v) is 12.4. The van der Waals surface area contributed by atoms with Crippen molar-refractivity contribution >= 4 is 11.6 Å². The van der Waals surface area contributed by atoms with Crippen LogP contribution in [0.4, 0.5) is 0 Å². The van der Waals surface area contributed by atoms with Gasteiger partial charge in [-0.3, -0.25) is 4.98 Å². The number of nitrogens with one attached hydrogen (secondary N) is 1. The number of halogens is 1. The van der Waals surface area contributed by atoms with Gasteiger partial charge in [0.05, 0.1) is 20.3 Å². The van der Waals surface area contributed by atoms with Gasteiger partial charge in [0.15, 0.2) is 0 Å². The number of pyridine rings is 1. The fourth-order valence-electron chi connectivity index (χ4n) is 2.16. The Morgan fingerprint density at radius 2 is 1.90 bits per heavy atom. The minimum atomic E-state index is -0.140. The van der Waals surface area contributed by atoms with Crippen molar-refractivity contribution in [2.24, 2.45) is 0 Å². The van der Waals surface area contributed by atoms with Gasteiger partial charge in [-0.15, -0.1) is 0 Å². The highest BCUT2D eigenvalue weighted by atomic mass is 35.5. The molecule has 2 rings (SSSR count). The molecule has 0 saturated carbocycles. The van der Waals surface area contributed by atoms with Crippen molar-refractivity contribution in [3.05, 3.63) is 52.8 Å². The van der Waals surface area contributed by atoms with E-state index in [1.807, 2.05) is 31.3 Å². The molecule has 0 radical (unpaired) electrons. The molecule has 0 amide bonds. The maximum Gasteiger partial charge on any atom is 0.142 e. The fraction of sp³-hybridized carbons (Fsp3) is 0.267. The van der Waals surface area contributed by atoms with Gasteiger partial charge >= 0.3 is 0 Å². The molecular weight excluding hydrogens is 276 g/mol. The predicted octanol–water partition coefficient (Wildman–Crippen LogP) is 3.06. The van der Waals surface area contributed by atoms with E-state index in [-0.39, 0.29) is 6.04 Å². The number of hydrogen-bond donors (Lipinski definition) is 1. The lowest BCUT2D eigenvalue weighted by Gasteiger charge is -2.20. The topological polar surface area (TPSA) is 43.4 Å². The van der Waals surface area contributed by atoms with Gasteiger partial charge in [0.1, 0.15) is 17.2 Å². The third kappa shape index (κ3) is 2.86. The molecule has 2 aromatic rings. The molecule has 1 atom stereocenters. The minimum absolute atomic E-state index is 0.140. The summed E-state index contributed by atoms with van der Waals surface area (Å²) in [5, 5.41) is 3.87. The van der Waals surface area contributed by atoms with Crippen LogP contribution in [-0.4, -0.2) is 26.3 Å². The molecule has 1 aromatic heterocycles. The van der Waals surface area contributed by atoms with E-state index in [2.05, 4.69) is 10.3 Å². The van der Waals surface area contributed by atoms with Crippen molar-refractivity contribution in [1.29, 1.82) is 0 Å². The summed E-state index contributed by atoms with van der Waals surface area (Å²) in [6.45, 7) is 0. The summed E-state index contributed by atoms with van der Waals surface area (Å²) in [5.74, 6) is 1.44. The molecule has 0 fully saturated rings. The van der Waals surface area contributed by atoms with Crippen molar-refractivity contribution in [1.82, 2.24) is 10.3 Å². The van der Waals surface area contributed by atoms with Gasteiger partial charge < -0.3 is 14.8 Å². The number of ether oxygens (including phenoxy) is 2. The number of methoxy groups -OCH3 is 2. The Labute approximate surface area is 123 Å². The SMILES string of the molecule is CNC(c1ccc(Cl)cc1OC)c1ncccc1OC. The first kappa shape index (κ1) is 14.6. The second-order valence-electron chi connectivity index (χ2n) is 4.20. The Morgan fingerprint density at radius 3 is 2.55 bits per heavy atom. The second-order valence-corrected chi connectivity index (χ2v) is 4.64. The average Bonchev–Trinajstić information content (AvgIpc) is 2.49. The van der Waals surface area contributed by atoms with E-state index < -0.39 is 0 Å². The molecule has 0 aliphatic rings. The smallest absolute Gasteiger partial charge is 0.142 e. The first-order chi connectivity index (χ1) is 9.71. The van der Waals surface area contributed by atoms with Gasteiger partial charge in [-0.2, -0.15) is 0 Å². The van der Waals surface area contributed by atoms with Crippen molar-refractivity contribution in [3.63, 3.8) is 0 Å². The molecule has 1 aromatic carbocycles. The normalized spacial score (nSPS) is 12.0. The third-order valence-corrected chi connectivity index (χ3v) is 3.32. The molecule has 0 spiro atoms. The van der Waals surface area contributed by atoms with Crippen LogP contribution in [0, 0.1) is 0 Å². The van der Waals surface area contributed by atoms with E-state index in [1.165, 1.54) is 0 Å². The van der Waals surface area contributed by atoms with Crippen LogP contribution in [0.1, 0.15) is 17.3 Å². The van der Waals surface area contributed by atoms with E-state index in [1.54, 1.807) is 26.5 Å². The van der Waals surface area contributed by atoms with Crippen LogP contribution in [0.25, 0.3) is 0 Å². The summed E-state index contributed by atoms with van der Waals surface area (Å²) in [6, 6.07) is 9.13. The lowest BCUT2D eigenvalue weighted by molar-refractivity contribution is 0.393. The number of hydrogen-bond acceptors (Lipinski definition) is 4. The van der Waals surface area contributed by atoms with Crippen LogP contribution >= 0.6 is 11.6 Å². The van der Waals surface area contributed by atoms with Crippen LogP contribution < -0.4 is 14.8 Å². The van der Waals surface area contributed by atoms with Crippen LogP contribution in [-0.2, 0) is 0 Å². The molecule has 0 bridgehead atoms. The Morgan fingerprint density at radius 1 is 1.15 bits per heavy atom. The number of nitrogens with zero attached hydrogens (tertiary/aromatic N) is 1. The van der Waals surface area contributed by atoms with E-state index in [0.29, 0.717) is 10.8 Å². The predicted molar refractivity (Wildman–Crippen MR) is 79.7 cm³/mol. The monoisotopic (exact) mass is 292 g/mol. The summed E-state index contributed by atoms with van der Waals surface area (Å²) in [5.41, 5.74) is 1.76. The second kappa shape index (κ2) is 6.59. The van der Waals surface area contributed by atoms with Crippen molar-refractivity contribution in [2.45, 2.75) is 6.04 Å². The van der Waals surface area contributed by atoms with Gasteiger partial charge in [0.25, 0.3) is 0 Å². The molecule has 0 aliphatic heterocycles. The number of benzene rings is 1. The zero-order chi connectivity index (χ0) is 14.5. The van der Waals surface area contributed by atoms with Crippen LogP contribution in [0.2, 0.25) is 5.02 Å². The lowest BCUT2D eigenvalue weighted by Crippen LogP contribution is -2.20. The molecule has 1 unspecified atom stereocenters. The molecule has 1 N–H and O–H groups in total. The van der Waals surface area contributed by atoms with Crippen molar-refractivity contribution in [3.8, 4) is 11.5 Å². The van der Waals surface area contributed by atoms with Crippen LogP contribution in [0.15, 0.2) is 36.5 Å². The van der Waals surface area contributed by atoms with E-state index in [9.17, 15) is 0 Å². The highest BCUT2D eigenvalue weighted by Gasteiger charge is 2.21. The zero-order valence-electron chi connectivity index (χ0n) is 11.7. The quantitative estimate of drug-likeness (QED) is 0.920. The highest BCUT2D eigenvalue weighted by Crippen LogP contribution is 2.34. The summed E-state index contributed by atoms with van der Waals surface area (Å²) >= 11 is 6.01. The largest absolute Gasteiger partial charge is 0.496 e. The molecule has 4 nitrogen and oxygen atoms in total. The fourth-order valence-corrected chi connectivity index (χ4v) is 2.32. The molecule has 0 aliphatic carbocycles. The Balaban J connectivity index is 2.52. The third-order valence-electron chi connectivity index (χ3n) is 3.09. The highest BCUT2D eigenvalue weighted by molar-refractivity contribution is 6.30. The number of rotatable bonds is 5. The Kier molecular flexibility index (Phi) is 4.82. The molecule has 106 valence electrons. The van der Waals surface area contributed by atoms with E-state index >= 15 is 0 Å². The van der Waals surface area contributed by atoms with Gasteiger partial charge in [-0.25, -0.2) is 0 Å². The van der Waals surface area contributed by atoms with Crippen LogP contribution in [0.3, 0.4) is 0 Å². The summed E-state index contributed by atoms with van der Waals surface area (Å²) in [6.07, 6.45) is 1.74. The Hall–Kier alpha value is -1.78. The van der Waals surface area contributed by atoms with E-state index in [0.717, 1.165) is 17.0 Å². The standard InChI is InChI=1S/C15H17ClN2O2/c1-17-14(15-12(19-2)5-4-8-18-15)11-7-6-10(16)9-13(11)20-3/h4-9,14,17H,1-3H3. The molecule has 20 heavy (non-hydrogen) atoms.